The normalized spacial score (nSPS) is 12.3. The Morgan fingerprint density at radius 2 is 2.05 bits per heavy atom. The summed E-state index contributed by atoms with van der Waals surface area (Å²) in [7, 11) is 0. The summed E-state index contributed by atoms with van der Waals surface area (Å²) in [6.45, 7) is 6.86. The maximum Gasteiger partial charge on any atom is 0.318 e. The lowest BCUT2D eigenvalue weighted by atomic mass is 9.76. The van der Waals surface area contributed by atoms with Crippen molar-refractivity contribution in [3.05, 3.63) is 35.4 Å². The number of carbonyl (C=O) groups is 2. The maximum atomic E-state index is 12.6. The van der Waals surface area contributed by atoms with Crippen LogP contribution >= 0.6 is 0 Å². The van der Waals surface area contributed by atoms with Crippen molar-refractivity contribution in [1.82, 2.24) is 0 Å². The van der Waals surface area contributed by atoms with Crippen LogP contribution in [0.4, 0.5) is 0 Å². The topological polar surface area (TPSA) is 67.2 Å². The zero-order valence-electron chi connectivity index (χ0n) is 12.3. The monoisotopic (exact) mass is 273 g/mol. The van der Waals surface area contributed by atoms with Crippen LogP contribution in [-0.4, -0.2) is 18.4 Å². The first-order valence-electron chi connectivity index (χ1n) is 6.52. The summed E-state index contributed by atoms with van der Waals surface area (Å²) >= 11 is 0. The lowest BCUT2D eigenvalue weighted by molar-refractivity contribution is -0.148. The molecule has 0 aliphatic rings. The first-order valence-corrected chi connectivity index (χ1v) is 6.52. The Hall–Kier alpha value is -2.15. The van der Waals surface area contributed by atoms with Gasteiger partial charge < -0.3 is 4.74 Å². The van der Waals surface area contributed by atoms with Crippen molar-refractivity contribution in [1.29, 1.82) is 5.26 Å². The Bertz CT molecular complexity index is 555. The number of hydrogen-bond acceptors (Lipinski definition) is 4. The van der Waals surface area contributed by atoms with Gasteiger partial charge in [-0.2, -0.15) is 5.26 Å². The molecule has 0 saturated heterocycles. The predicted molar refractivity (Wildman–Crippen MR) is 75.0 cm³/mol. The fourth-order valence-corrected chi connectivity index (χ4v) is 1.98. The fourth-order valence-electron chi connectivity index (χ4n) is 1.98. The number of benzene rings is 1. The van der Waals surface area contributed by atoms with Crippen molar-refractivity contribution in [2.75, 3.05) is 6.61 Å². The molecule has 0 spiro atoms. The van der Waals surface area contributed by atoms with Gasteiger partial charge in [0, 0.05) is 5.56 Å². The van der Waals surface area contributed by atoms with E-state index in [1.54, 1.807) is 39.0 Å². The van der Waals surface area contributed by atoms with E-state index in [0.29, 0.717) is 5.56 Å². The molecule has 4 nitrogen and oxygen atoms in total. The number of Topliss-reactive ketones (excluding diaryl/α,β-unsaturated/α-hetero) is 1. The smallest absolute Gasteiger partial charge is 0.318 e. The fraction of sp³-hybridized carbons (Fsp3) is 0.438. The zero-order chi connectivity index (χ0) is 15.3. The summed E-state index contributed by atoms with van der Waals surface area (Å²) in [6, 6.07) is 9.00. The highest BCUT2D eigenvalue weighted by Crippen LogP contribution is 2.30. The SMILES string of the molecule is CCOC(=O)C(C(=O)c1cccc(C)c1)C(C)(C)C#N. The molecule has 1 unspecified atom stereocenters. The summed E-state index contributed by atoms with van der Waals surface area (Å²) in [5.74, 6) is -2.14. The molecule has 0 bridgehead atoms. The third-order valence-electron chi connectivity index (χ3n) is 3.10. The Morgan fingerprint density at radius 3 is 2.55 bits per heavy atom. The van der Waals surface area contributed by atoms with Crippen LogP contribution in [0.25, 0.3) is 0 Å². The number of esters is 1. The van der Waals surface area contributed by atoms with Gasteiger partial charge in [0.1, 0.15) is 5.92 Å². The first kappa shape index (κ1) is 15.9. The molecule has 0 aromatic heterocycles. The number of ether oxygens (including phenoxy) is 1. The van der Waals surface area contributed by atoms with E-state index in [0.717, 1.165) is 5.56 Å². The molecule has 0 amide bonds. The van der Waals surface area contributed by atoms with E-state index >= 15 is 0 Å². The van der Waals surface area contributed by atoms with Crippen LogP contribution in [0.5, 0.6) is 0 Å². The highest BCUT2D eigenvalue weighted by atomic mass is 16.5. The number of aryl methyl sites for hydroxylation is 1. The van der Waals surface area contributed by atoms with Crippen molar-refractivity contribution < 1.29 is 14.3 Å². The van der Waals surface area contributed by atoms with Gasteiger partial charge in [0.2, 0.25) is 0 Å². The molecule has 0 radical (unpaired) electrons. The average molecular weight is 273 g/mol. The number of nitriles is 1. The van der Waals surface area contributed by atoms with E-state index in [1.807, 2.05) is 19.1 Å². The average Bonchev–Trinajstić information content (AvgIpc) is 2.39. The first-order chi connectivity index (χ1) is 9.33. The number of carbonyl (C=O) groups excluding carboxylic acids is 2. The second-order valence-electron chi connectivity index (χ2n) is 5.25. The Morgan fingerprint density at radius 1 is 1.40 bits per heavy atom. The number of rotatable bonds is 5. The third-order valence-corrected chi connectivity index (χ3v) is 3.10. The van der Waals surface area contributed by atoms with Gasteiger partial charge in [-0.3, -0.25) is 9.59 Å². The number of ketones is 1. The van der Waals surface area contributed by atoms with E-state index < -0.39 is 17.3 Å². The highest BCUT2D eigenvalue weighted by Gasteiger charge is 2.42. The van der Waals surface area contributed by atoms with Crippen molar-refractivity contribution in [3.8, 4) is 6.07 Å². The van der Waals surface area contributed by atoms with Crippen LogP contribution < -0.4 is 0 Å². The standard InChI is InChI=1S/C16H19NO3/c1-5-20-15(19)13(16(3,4)10-17)14(18)12-8-6-7-11(2)9-12/h6-9,13H,5H2,1-4H3. The molecule has 0 saturated carbocycles. The van der Waals surface area contributed by atoms with E-state index in [4.69, 9.17) is 4.74 Å². The van der Waals surface area contributed by atoms with E-state index in [1.165, 1.54) is 0 Å². The molecule has 4 heteroatoms. The Labute approximate surface area is 119 Å². The van der Waals surface area contributed by atoms with Crippen LogP contribution in [0.15, 0.2) is 24.3 Å². The van der Waals surface area contributed by atoms with Gasteiger partial charge in [0.25, 0.3) is 0 Å². The van der Waals surface area contributed by atoms with Gasteiger partial charge in [-0.25, -0.2) is 0 Å². The Kier molecular flexibility index (Phi) is 5.04. The molecular weight excluding hydrogens is 254 g/mol. The molecular formula is C16H19NO3. The summed E-state index contributed by atoms with van der Waals surface area (Å²) in [6.07, 6.45) is 0. The molecule has 1 aromatic carbocycles. The zero-order valence-corrected chi connectivity index (χ0v) is 12.3. The van der Waals surface area contributed by atoms with Crippen molar-refractivity contribution in [3.63, 3.8) is 0 Å². The molecule has 0 fully saturated rings. The second-order valence-corrected chi connectivity index (χ2v) is 5.25. The van der Waals surface area contributed by atoms with E-state index in [9.17, 15) is 14.9 Å². The van der Waals surface area contributed by atoms with Crippen LogP contribution in [0.3, 0.4) is 0 Å². The lowest BCUT2D eigenvalue weighted by Gasteiger charge is -2.25. The minimum absolute atomic E-state index is 0.179. The molecule has 1 aromatic rings. The molecule has 0 heterocycles. The minimum Gasteiger partial charge on any atom is -0.465 e. The molecule has 0 N–H and O–H groups in total. The van der Waals surface area contributed by atoms with Crippen LogP contribution in [0.1, 0.15) is 36.7 Å². The third kappa shape index (κ3) is 3.45. The highest BCUT2D eigenvalue weighted by molar-refractivity contribution is 6.09. The second kappa shape index (κ2) is 6.33. The largest absolute Gasteiger partial charge is 0.465 e. The van der Waals surface area contributed by atoms with Gasteiger partial charge in [-0.1, -0.05) is 23.8 Å². The quantitative estimate of drug-likeness (QED) is 0.470. The van der Waals surface area contributed by atoms with Crippen LogP contribution in [-0.2, 0) is 9.53 Å². The molecule has 1 rings (SSSR count). The van der Waals surface area contributed by atoms with Gasteiger partial charge >= 0.3 is 5.97 Å². The molecule has 0 aliphatic carbocycles. The van der Waals surface area contributed by atoms with Gasteiger partial charge in [0.05, 0.1) is 18.1 Å². The summed E-state index contributed by atoms with van der Waals surface area (Å²) in [5.41, 5.74) is 0.229. The van der Waals surface area contributed by atoms with Gasteiger partial charge in [-0.05, 0) is 33.8 Å². The van der Waals surface area contributed by atoms with Gasteiger partial charge in [-0.15, -0.1) is 0 Å². The van der Waals surface area contributed by atoms with Gasteiger partial charge in [0.15, 0.2) is 5.78 Å². The minimum atomic E-state index is -1.12. The Balaban J connectivity index is 3.21. The predicted octanol–water partition coefficient (Wildman–Crippen LogP) is 2.91. The lowest BCUT2D eigenvalue weighted by Crippen LogP contribution is -2.38. The summed E-state index contributed by atoms with van der Waals surface area (Å²) in [4.78, 5) is 24.6. The molecule has 0 aliphatic heterocycles. The molecule has 20 heavy (non-hydrogen) atoms. The summed E-state index contributed by atoms with van der Waals surface area (Å²) in [5, 5.41) is 9.22. The molecule has 1 atom stereocenters. The van der Waals surface area contributed by atoms with Crippen molar-refractivity contribution in [2.45, 2.75) is 27.7 Å². The van der Waals surface area contributed by atoms with Crippen LogP contribution in [0.2, 0.25) is 0 Å². The molecule has 106 valence electrons. The van der Waals surface area contributed by atoms with Crippen molar-refractivity contribution >= 4 is 11.8 Å². The van der Waals surface area contributed by atoms with E-state index in [2.05, 4.69) is 0 Å². The number of nitrogens with zero attached hydrogens (tertiary/aromatic N) is 1. The van der Waals surface area contributed by atoms with E-state index in [-0.39, 0.29) is 12.4 Å². The number of hydrogen-bond donors (Lipinski definition) is 0. The van der Waals surface area contributed by atoms with Crippen LogP contribution in [0, 0.1) is 29.6 Å². The summed E-state index contributed by atoms with van der Waals surface area (Å²) < 4.78 is 4.95. The van der Waals surface area contributed by atoms with Crippen molar-refractivity contribution in [2.24, 2.45) is 11.3 Å². The maximum absolute atomic E-state index is 12.6.